The minimum absolute atomic E-state index is 0.0935. The maximum atomic E-state index is 13.6. The van der Waals surface area contributed by atoms with E-state index in [2.05, 4.69) is 5.32 Å². The van der Waals surface area contributed by atoms with Gasteiger partial charge in [-0.3, -0.25) is 19.3 Å². The lowest BCUT2D eigenvalue weighted by Gasteiger charge is -2.16. The highest BCUT2D eigenvalue weighted by atomic mass is 19.1. The van der Waals surface area contributed by atoms with E-state index >= 15 is 0 Å². The molecule has 0 aliphatic carbocycles. The van der Waals surface area contributed by atoms with E-state index in [1.807, 2.05) is 0 Å². The first-order valence-electron chi connectivity index (χ1n) is 9.00. The lowest BCUT2D eigenvalue weighted by molar-refractivity contribution is -0.124. The quantitative estimate of drug-likeness (QED) is 0.617. The highest BCUT2D eigenvalue weighted by molar-refractivity contribution is 6.20. The first kappa shape index (κ1) is 20.2. The van der Waals surface area contributed by atoms with Crippen molar-refractivity contribution in [2.45, 2.75) is 32.8 Å². The molecule has 29 heavy (non-hydrogen) atoms. The van der Waals surface area contributed by atoms with Crippen molar-refractivity contribution < 1.29 is 28.3 Å². The predicted molar refractivity (Wildman–Crippen MR) is 103 cm³/mol. The second kappa shape index (κ2) is 8.22. The fourth-order valence-corrected chi connectivity index (χ4v) is 2.83. The summed E-state index contributed by atoms with van der Waals surface area (Å²) in [6.45, 7) is 2.98. The van der Waals surface area contributed by atoms with Gasteiger partial charge >= 0.3 is 5.97 Å². The topological polar surface area (TPSA) is 92.8 Å². The number of carbonyl (C=O) groups excluding carboxylic acids is 4. The van der Waals surface area contributed by atoms with E-state index in [9.17, 15) is 23.6 Å². The Bertz CT molecular complexity index is 988. The van der Waals surface area contributed by atoms with Gasteiger partial charge in [-0.15, -0.1) is 0 Å². The summed E-state index contributed by atoms with van der Waals surface area (Å²) in [4.78, 5) is 49.4. The van der Waals surface area contributed by atoms with Crippen molar-refractivity contribution in [2.24, 2.45) is 0 Å². The number of aryl methyl sites for hydroxylation is 1. The maximum Gasteiger partial charge on any atom is 0.338 e. The number of amides is 3. The largest absolute Gasteiger partial charge is 0.449 e. The van der Waals surface area contributed by atoms with Crippen molar-refractivity contribution in [1.29, 1.82) is 0 Å². The number of hydrogen-bond donors (Lipinski definition) is 1. The number of ether oxygens (including phenoxy) is 1. The summed E-state index contributed by atoms with van der Waals surface area (Å²) in [6, 6.07) is 10.1. The normalized spacial score (nSPS) is 14.7. The SMILES string of the molecule is Cc1ccc(NC(=O)[C@H](C)OC(=O)c2cccc(N3C(=O)CCC3=O)c2)cc1F. The van der Waals surface area contributed by atoms with Crippen molar-refractivity contribution >= 4 is 35.1 Å². The van der Waals surface area contributed by atoms with Gasteiger partial charge in [-0.2, -0.15) is 0 Å². The van der Waals surface area contributed by atoms with Crippen molar-refractivity contribution in [1.82, 2.24) is 0 Å². The van der Waals surface area contributed by atoms with Crippen molar-refractivity contribution in [3.8, 4) is 0 Å². The van der Waals surface area contributed by atoms with Gasteiger partial charge in [0.05, 0.1) is 11.3 Å². The Labute approximate surface area is 166 Å². The first-order chi connectivity index (χ1) is 13.8. The molecule has 2 aromatic carbocycles. The van der Waals surface area contributed by atoms with E-state index in [4.69, 9.17) is 4.74 Å². The van der Waals surface area contributed by atoms with Gasteiger partial charge in [0.15, 0.2) is 6.10 Å². The van der Waals surface area contributed by atoms with E-state index in [0.29, 0.717) is 5.56 Å². The van der Waals surface area contributed by atoms with Crippen LogP contribution in [0.3, 0.4) is 0 Å². The molecule has 0 unspecified atom stereocenters. The zero-order valence-corrected chi connectivity index (χ0v) is 15.9. The number of anilines is 2. The zero-order chi connectivity index (χ0) is 21.1. The summed E-state index contributed by atoms with van der Waals surface area (Å²) in [7, 11) is 0. The van der Waals surface area contributed by atoms with Crippen LogP contribution in [0.15, 0.2) is 42.5 Å². The molecule has 1 fully saturated rings. The first-order valence-corrected chi connectivity index (χ1v) is 9.00. The second-order valence-electron chi connectivity index (χ2n) is 6.67. The summed E-state index contributed by atoms with van der Waals surface area (Å²) < 4.78 is 18.8. The highest BCUT2D eigenvalue weighted by Gasteiger charge is 2.30. The van der Waals surface area contributed by atoms with Crippen molar-refractivity contribution in [3.63, 3.8) is 0 Å². The molecule has 1 atom stereocenters. The van der Waals surface area contributed by atoms with Crippen molar-refractivity contribution in [2.75, 3.05) is 10.2 Å². The standard InChI is InChI=1S/C21H19FN2O5/c1-12-6-7-15(11-17(12)22)23-20(27)13(2)29-21(28)14-4-3-5-16(10-14)24-18(25)8-9-19(24)26/h3-7,10-11,13H,8-9H2,1-2H3,(H,23,27)/t13-/m0/s1. The van der Waals surface area contributed by atoms with Gasteiger partial charge < -0.3 is 10.1 Å². The number of rotatable bonds is 5. The Morgan fingerprint density at radius 3 is 2.45 bits per heavy atom. The third-order valence-electron chi connectivity index (χ3n) is 4.48. The number of halogens is 1. The monoisotopic (exact) mass is 398 g/mol. The fraction of sp³-hybridized carbons (Fsp3) is 0.238. The molecule has 0 radical (unpaired) electrons. The second-order valence-corrected chi connectivity index (χ2v) is 6.67. The van der Waals surface area contributed by atoms with Crippen LogP contribution in [0.25, 0.3) is 0 Å². The van der Waals surface area contributed by atoms with E-state index < -0.39 is 23.8 Å². The van der Waals surface area contributed by atoms with Gasteiger partial charge in [0, 0.05) is 18.5 Å². The van der Waals surface area contributed by atoms with Crippen LogP contribution in [0, 0.1) is 12.7 Å². The Morgan fingerprint density at radius 2 is 1.79 bits per heavy atom. The number of nitrogens with zero attached hydrogens (tertiary/aromatic N) is 1. The molecular formula is C21H19FN2O5. The smallest absolute Gasteiger partial charge is 0.338 e. The van der Waals surface area contributed by atoms with Gasteiger partial charge in [-0.05, 0) is 49.7 Å². The summed E-state index contributed by atoms with van der Waals surface area (Å²) in [5.74, 6) is -2.54. The van der Waals surface area contributed by atoms with E-state index in [1.54, 1.807) is 19.1 Å². The molecule has 1 saturated heterocycles. The molecule has 3 amide bonds. The Morgan fingerprint density at radius 1 is 1.10 bits per heavy atom. The third-order valence-corrected chi connectivity index (χ3v) is 4.48. The average Bonchev–Trinajstić information content (AvgIpc) is 3.03. The molecule has 0 saturated carbocycles. The number of esters is 1. The molecule has 8 heteroatoms. The minimum atomic E-state index is -1.15. The van der Waals surface area contributed by atoms with E-state index in [0.717, 1.165) is 4.90 Å². The van der Waals surface area contributed by atoms with Gasteiger partial charge in [0.1, 0.15) is 5.82 Å². The third kappa shape index (κ3) is 4.48. The maximum absolute atomic E-state index is 13.6. The molecule has 150 valence electrons. The average molecular weight is 398 g/mol. The lowest BCUT2D eigenvalue weighted by Crippen LogP contribution is -2.30. The van der Waals surface area contributed by atoms with Crippen LogP contribution in [0.1, 0.15) is 35.7 Å². The molecule has 1 aliphatic rings. The van der Waals surface area contributed by atoms with Gasteiger partial charge in [-0.1, -0.05) is 12.1 Å². The zero-order valence-electron chi connectivity index (χ0n) is 15.9. The number of nitrogens with one attached hydrogen (secondary N) is 1. The highest BCUT2D eigenvalue weighted by Crippen LogP contribution is 2.24. The van der Waals surface area contributed by atoms with Gasteiger partial charge in [-0.25, -0.2) is 9.18 Å². The molecule has 3 rings (SSSR count). The van der Waals surface area contributed by atoms with Crippen molar-refractivity contribution in [3.05, 3.63) is 59.4 Å². The van der Waals surface area contributed by atoms with Crippen LogP contribution in [0.2, 0.25) is 0 Å². The fourth-order valence-electron chi connectivity index (χ4n) is 2.83. The lowest BCUT2D eigenvalue weighted by atomic mass is 10.2. The Balaban J connectivity index is 1.67. The van der Waals surface area contributed by atoms with Crippen LogP contribution in [-0.4, -0.2) is 29.8 Å². The molecular weight excluding hydrogens is 379 g/mol. The Kier molecular flexibility index (Phi) is 5.72. The van der Waals surface area contributed by atoms with Crippen LogP contribution in [-0.2, 0) is 19.1 Å². The number of benzene rings is 2. The summed E-state index contributed by atoms with van der Waals surface area (Å²) >= 11 is 0. The van der Waals surface area contributed by atoms with E-state index in [-0.39, 0.29) is 41.6 Å². The summed E-state index contributed by atoms with van der Waals surface area (Å²) in [5.41, 5.74) is 1.06. The van der Waals surface area contributed by atoms with Gasteiger partial charge in [0.25, 0.3) is 5.91 Å². The molecule has 1 aliphatic heterocycles. The molecule has 7 nitrogen and oxygen atoms in total. The predicted octanol–water partition coefficient (Wildman–Crippen LogP) is 2.97. The number of imide groups is 1. The molecule has 1 N–H and O–H groups in total. The van der Waals surface area contributed by atoms with Crippen LogP contribution in [0.5, 0.6) is 0 Å². The van der Waals surface area contributed by atoms with E-state index in [1.165, 1.54) is 37.3 Å². The van der Waals surface area contributed by atoms with Crippen LogP contribution >= 0.6 is 0 Å². The summed E-state index contributed by atoms with van der Waals surface area (Å²) in [5, 5.41) is 2.48. The molecule has 0 aromatic heterocycles. The Hall–Kier alpha value is -3.55. The van der Waals surface area contributed by atoms with Crippen LogP contribution < -0.4 is 10.2 Å². The molecule has 2 aromatic rings. The number of hydrogen-bond acceptors (Lipinski definition) is 5. The minimum Gasteiger partial charge on any atom is -0.449 e. The van der Waals surface area contributed by atoms with Gasteiger partial charge in [0.2, 0.25) is 11.8 Å². The summed E-state index contributed by atoms with van der Waals surface area (Å²) in [6.07, 6.45) is -0.889. The molecule has 0 bridgehead atoms. The molecule has 0 spiro atoms. The van der Waals surface area contributed by atoms with Crippen LogP contribution in [0.4, 0.5) is 15.8 Å². The number of carbonyl (C=O) groups is 4. The molecule has 1 heterocycles.